The van der Waals surface area contributed by atoms with Gasteiger partial charge in [0.1, 0.15) is 5.65 Å². The van der Waals surface area contributed by atoms with Crippen LogP contribution in [0.25, 0.3) is 11.0 Å². The minimum absolute atomic E-state index is 0.0448. The average Bonchev–Trinajstić information content (AvgIpc) is 3.37. The van der Waals surface area contributed by atoms with Crippen LogP contribution in [0.4, 0.5) is 0 Å². The number of amides is 1. The topological polar surface area (TPSA) is 92.2 Å². The van der Waals surface area contributed by atoms with E-state index in [2.05, 4.69) is 31.7 Å². The van der Waals surface area contributed by atoms with E-state index in [1.165, 1.54) is 4.88 Å². The first-order chi connectivity index (χ1) is 15.0. The number of ether oxygens (including phenoxy) is 1. The predicted octanol–water partition coefficient (Wildman–Crippen LogP) is 2.06. The van der Waals surface area contributed by atoms with E-state index in [4.69, 9.17) is 4.74 Å². The summed E-state index contributed by atoms with van der Waals surface area (Å²) in [4.78, 5) is 31.8. The van der Waals surface area contributed by atoms with Gasteiger partial charge in [0.05, 0.1) is 24.9 Å². The van der Waals surface area contributed by atoms with Crippen LogP contribution in [0.15, 0.2) is 22.3 Å². The zero-order valence-electron chi connectivity index (χ0n) is 18.2. The molecule has 8 nitrogen and oxygen atoms in total. The number of rotatable bonds is 7. The fourth-order valence-corrected chi connectivity index (χ4v) is 5.23. The van der Waals surface area contributed by atoms with E-state index < -0.39 is 0 Å². The number of morpholine rings is 1. The third-order valence-corrected chi connectivity index (χ3v) is 6.98. The second kappa shape index (κ2) is 9.33. The molecule has 2 N–H and O–H groups in total. The maximum Gasteiger partial charge on any atom is 0.253 e. The summed E-state index contributed by atoms with van der Waals surface area (Å²) >= 11 is 1.71. The third-order valence-electron chi connectivity index (χ3n) is 6.01. The van der Waals surface area contributed by atoms with Crippen LogP contribution < -0.4 is 10.9 Å². The lowest BCUT2D eigenvalue weighted by atomic mass is 10.0. The maximum atomic E-state index is 12.7. The Hall–Kier alpha value is -2.49. The van der Waals surface area contributed by atoms with E-state index >= 15 is 0 Å². The number of nitrogens with one attached hydrogen (secondary N) is 2. The van der Waals surface area contributed by atoms with Gasteiger partial charge in [-0.1, -0.05) is 6.07 Å². The SMILES string of the molecule is Cc1nn(C)c2[nH]c(=O)c(CCC(=O)NC[C@@H](c3cccs3)N3CCOCC3)c(C)c12. The molecule has 166 valence electrons. The van der Waals surface area contributed by atoms with Crippen LogP contribution in [-0.4, -0.2) is 58.4 Å². The number of carbonyl (C=O) groups excluding carboxylic acids is 1. The molecule has 4 rings (SSSR count). The van der Waals surface area contributed by atoms with Gasteiger partial charge in [0, 0.05) is 48.9 Å². The zero-order valence-corrected chi connectivity index (χ0v) is 19.1. The highest BCUT2D eigenvalue weighted by molar-refractivity contribution is 7.10. The van der Waals surface area contributed by atoms with Crippen molar-refractivity contribution >= 4 is 28.3 Å². The number of hydrogen-bond acceptors (Lipinski definition) is 6. The van der Waals surface area contributed by atoms with Crippen LogP contribution in [0.1, 0.15) is 34.2 Å². The Kier molecular flexibility index (Phi) is 6.54. The normalized spacial score (nSPS) is 16.0. The molecule has 1 aliphatic rings. The summed E-state index contributed by atoms with van der Waals surface area (Å²) in [6, 6.07) is 4.30. The van der Waals surface area contributed by atoms with Crippen LogP contribution in [0.3, 0.4) is 0 Å². The fourth-order valence-electron chi connectivity index (χ4n) is 4.37. The van der Waals surface area contributed by atoms with Crippen LogP contribution in [0, 0.1) is 13.8 Å². The predicted molar refractivity (Wildman–Crippen MR) is 122 cm³/mol. The third kappa shape index (κ3) is 4.58. The Morgan fingerprint density at radius 3 is 2.84 bits per heavy atom. The van der Waals surface area contributed by atoms with Gasteiger partial charge >= 0.3 is 0 Å². The summed E-state index contributed by atoms with van der Waals surface area (Å²) in [5.41, 5.74) is 3.01. The van der Waals surface area contributed by atoms with E-state index in [0.717, 1.165) is 35.4 Å². The second-order valence-electron chi connectivity index (χ2n) is 7.97. The van der Waals surface area contributed by atoms with Crippen molar-refractivity contribution in [3.63, 3.8) is 0 Å². The maximum absolute atomic E-state index is 12.7. The van der Waals surface area contributed by atoms with Crippen LogP contribution >= 0.6 is 11.3 Å². The molecule has 0 aromatic carbocycles. The molecule has 31 heavy (non-hydrogen) atoms. The van der Waals surface area contributed by atoms with Gasteiger partial charge in [-0.3, -0.25) is 19.2 Å². The van der Waals surface area contributed by atoms with Gasteiger partial charge in [-0.25, -0.2) is 0 Å². The van der Waals surface area contributed by atoms with Crippen LogP contribution in [-0.2, 0) is 23.0 Å². The number of hydrogen-bond donors (Lipinski definition) is 2. The number of pyridine rings is 1. The van der Waals surface area contributed by atoms with Gasteiger partial charge in [-0.2, -0.15) is 5.10 Å². The Labute approximate surface area is 185 Å². The van der Waals surface area contributed by atoms with Gasteiger partial charge in [0.2, 0.25) is 5.91 Å². The number of thiophene rings is 1. The largest absolute Gasteiger partial charge is 0.379 e. The van der Waals surface area contributed by atoms with Crippen molar-refractivity contribution in [1.82, 2.24) is 25.0 Å². The molecule has 3 aromatic heterocycles. The lowest BCUT2D eigenvalue weighted by Crippen LogP contribution is -2.43. The molecule has 9 heteroatoms. The van der Waals surface area contributed by atoms with Crippen LogP contribution in [0.5, 0.6) is 0 Å². The number of H-pyrrole nitrogens is 1. The molecule has 0 radical (unpaired) electrons. The van der Waals surface area contributed by atoms with Crippen LogP contribution in [0.2, 0.25) is 0 Å². The van der Waals surface area contributed by atoms with E-state index in [-0.39, 0.29) is 23.9 Å². The van der Waals surface area contributed by atoms with Crippen molar-refractivity contribution in [3.05, 3.63) is 49.6 Å². The quantitative estimate of drug-likeness (QED) is 0.583. The van der Waals surface area contributed by atoms with E-state index in [0.29, 0.717) is 31.7 Å². The number of carbonyl (C=O) groups is 1. The molecule has 4 heterocycles. The Morgan fingerprint density at radius 1 is 1.35 bits per heavy atom. The summed E-state index contributed by atoms with van der Waals surface area (Å²) in [6.45, 7) is 7.57. The van der Waals surface area contributed by atoms with Crippen molar-refractivity contribution in [1.29, 1.82) is 0 Å². The van der Waals surface area contributed by atoms with Gasteiger partial charge in [0.25, 0.3) is 5.56 Å². The smallest absolute Gasteiger partial charge is 0.253 e. The van der Waals surface area contributed by atoms with E-state index in [9.17, 15) is 9.59 Å². The minimum Gasteiger partial charge on any atom is -0.379 e. The minimum atomic E-state index is -0.148. The zero-order chi connectivity index (χ0) is 22.0. The highest BCUT2D eigenvalue weighted by Crippen LogP contribution is 2.25. The van der Waals surface area contributed by atoms with Crippen molar-refractivity contribution < 1.29 is 9.53 Å². The summed E-state index contributed by atoms with van der Waals surface area (Å²) in [6.07, 6.45) is 0.674. The first kappa shape index (κ1) is 21.7. The summed E-state index contributed by atoms with van der Waals surface area (Å²) in [7, 11) is 1.82. The number of aryl methyl sites for hydroxylation is 3. The van der Waals surface area contributed by atoms with E-state index in [1.807, 2.05) is 27.0 Å². The molecule has 3 aromatic rings. The van der Waals surface area contributed by atoms with Gasteiger partial charge in [0.15, 0.2) is 0 Å². The molecular formula is C22H29N5O3S. The number of aromatic nitrogens is 3. The van der Waals surface area contributed by atoms with Gasteiger partial charge in [-0.05, 0) is 37.3 Å². The van der Waals surface area contributed by atoms with Gasteiger partial charge in [-0.15, -0.1) is 11.3 Å². The molecular weight excluding hydrogens is 414 g/mol. The fraction of sp³-hybridized carbons (Fsp3) is 0.500. The summed E-state index contributed by atoms with van der Waals surface area (Å²) < 4.78 is 7.17. The molecule has 1 fully saturated rings. The molecule has 1 saturated heterocycles. The van der Waals surface area contributed by atoms with Gasteiger partial charge < -0.3 is 15.0 Å². The lowest BCUT2D eigenvalue weighted by molar-refractivity contribution is -0.121. The van der Waals surface area contributed by atoms with Crippen molar-refractivity contribution in [2.75, 3.05) is 32.8 Å². The number of nitrogens with zero attached hydrogens (tertiary/aromatic N) is 3. The number of aromatic amines is 1. The first-order valence-corrected chi connectivity index (χ1v) is 11.5. The first-order valence-electron chi connectivity index (χ1n) is 10.6. The highest BCUT2D eigenvalue weighted by Gasteiger charge is 2.24. The number of fused-ring (bicyclic) bond motifs is 1. The Balaban J connectivity index is 1.42. The molecule has 1 atom stereocenters. The summed E-state index contributed by atoms with van der Waals surface area (Å²) in [5.74, 6) is -0.0448. The molecule has 0 unspecified atom stereocenters. The molecule has 0 spiro atoms. The highest BCUT2D eigenvalue weighted by atomic mass is 32.1. The summed E-state index contributed by atoms with van der Waals surface area (Å²) in [5, 5.41) is 10.5. The standard InChI is InChI=1S/C22H29N5O3S/c1-14-16(22(29)24-21-20(14)15(2)25-26(21)3)6-7-19(28)23-13-17(18-5-4-12-31-18)27-8-10-30-11-9-27/h4-5,12,17H,6-11,13H2,1-3H3,(H,23,28)(H,24,29)/t17-/m0/s1. The Bertz CT molecular complexity index is 1110. The van der Waals surface area contributed by atoms with Crippen molar-refractivity contribution in [3.8, 4) is 0 Å². The monoisotopic (exact) mass is 443 g/mol. The van der Waals surface area contributed by atoms with Crippen molar-refractivity contribution in [2.45, 2.75) is 32.7 Å². The molecule has 0 aliphatic carbocycles. The molecule has 0 saturated carbocycles. The molecule has 0 bridgehead atoms. The second-order valence-corrected chi connectivity index (χ2v) is 8.95. The Morgan fingerprint density at radius 2 is 2.13 bits per heavy atom. The van der Waals surface area contributed by atoms with E-state index in [1.54, 1.807) is 16.0 Å². The lowest BCUT2D eigenvalue weighted by Gasteiger charge is -2.34. The molecule has 1 aliphatic heterocycles. The van der Waals surface area contributed by atoms with Crippen molar-refractivity contribution in [2.24, 2.45) is 7.05 Å². The average molecular weight is 444 g/mol. The molecule has 1 amide bonds.